The van der Waals surface area contributed by atoms with Crippen molar-refractivity contribution in [3.8, 4) is 0 Å². The van der Waals surface area contributed by atoms with E-state index in [0.717, 1.165) is 53.6 Å². The van der Waals surface area contributed by atoms with Crippen molar-refractivity contribution in [2.24, 2.45) is 17.6 Å². The van der Waals surface area contributed by atoms with E-state index in [0.29, 0.717) is 104 Å². The molecular weight excluding hydrogens is 1410 g/mol. The summed E-state index contributed by atoms with van der Waals surface area (Å²) in [5.41, 5.74) is 11.0. The van der Waals surface area contributed by atoms with Gasteiger partial charge in [0.1, 0.15) is 36.3 Å². The van der Waals surface area contributed by atoms with Gasteiger partial charge in [-0.1, -0.05) is 106 Å². The molecule has 0 radical (unpaired) electrons. The lowest BCUT2D eigenvalue weighted by Crippen LogP contribution is -2.57. The van der Waals surface area contributed by atoms with E-state index in [2.05, 4.69) is 53.6 Å². The van der Waals surface area contributed by atoms with E-state index in [9.17, 15) is 51.6 Å². The number of benzene rings is 2. The number of rotatable bonds is 57. The fourth-order valence-electron chi connectivity index (χ4n) is 11.7. The van der Waals surface area contributed by atoms with Gasteiger partial charge < -0.3 is 85.6 Å². The third-order valence-corrected chi connectivity index (χ3v) is 18.2. The first-order valence-corrected chi connectivity index (χ1v) is 39.0. The van der Waals surface area contributed by atoms with Crippen molar-refractivity contribution in [3.63, 3.8) is 0 Å². The Kier molecular flexibility index (Phi) is 44.0. The highest BCUT2D eigenvalue weighted by molar-refractivity contribution is 7.85. The second kappa shape index (κ2) is 52.4. The average Bonchev–Trinajstić information content (AvgIpc) is 1.67. The number of amides is 8. The molecule has 10 N–H and O–H groups in total. The summed E-state index contributed by atoms with van der Waals surface area (Å²) in [6, 6.07) is 12.1. The second-order valence-corrected chi connectivity index (χ2v) is 28.1. The number of nitrogens with two attached hydrogens (primary N) is 1. The van der Waals surface area contributed by atoms with E-state index in [4.69, 9.17) is 52.9 Å². The van der Waals surface area contributed by atoms with Crippen LogP contribution in [0.4, 0.5) is 4.79 Å². The molecule has 5 rings (SSSR count). The van der Waals surface area contributed by atoms with Crippen LogP contribution in [0.5, 0.6) is 0 Å². The zero-order valence-electron chi connectivity index (χ0n) is 62.6. The van der Waals surface area contributed by atoms with Gasteiger partial charge in [0.15, 0.2) is 5.78 Å². The number of carbonyl (C=O) groups is 9. The zero-order chi connectivity index (χ0) is 77.4. The van der Waals surface area contributed by atoms with Crippen molar-refractivity contribution in [1.29, 1.82) is 0 Å². The SMILES string of the molecule is CC(C)C(=O)[C@H](CCCNC(N)=O)NC(=O)[C@@H](NC(=O)C(CCCCNC(=O)COC1CCCCCc2c1nnn2CCOCCOCCOCCOCCC(=O)NCCS(=O)(=O)O)NC(=O)CCOCCOCCOCCOCCNC(=O)CCC(=O)C1Cc2ccccc2/C=C\c2ccccc21)C(C)C. The highest BCUT2D eigenvalue weighted by atomic mass is 32.2. The Balaban J connectivity index is 0.972. The molecule has 0 bridgehead atoms. The molecule has 33 heteroatoms. The Hall–Kier alpha value is -7.70. The number of fused-ring (bicyclic) bond motifs is 3. The molecule has 1 heterocycles. The number of nitrogens with one attached hydrogen (secondary N) is 7. The van der Waals surface area contributed by atoms with Crippen LogP contribution in [0.1, 0.15) is 157 Å². The van der Waals surface area contributed by atoms with Gasteiger partial charge in [0.2, 0.25) is 35.4 Å². The van der Waals surface area contributed by atoms with Crippen molar-refractivity contribution in [2.45, 2.75) is 161 Å². The zero-order valence-corrected chi connectivity index (χ0v) is 63.4. The van der Waals surface area contributed by atoms with Crippen molar-refractivity contribution < 1.29 is 98.8 Å². The Morgan fingerprint density at radius 1 is 0.561 bits per heavy atom. The molecule has 2 aliphatic rings. The number of carbonyl (C=O) groups excluding carboxylic acids is 9. The van der Waals surface area contributed by atoms with Crippen LogP contribution in [-0.4, -0.2) is 243 Å². The maximum atomic E-state index is 14.2. The minimum atomic E-state index is -4.14. The summed E-state index contributed by atoms with van der Waals surface area (Å²) in [4.78, 5) is 117. The number of ketones is 2. The van der Waals surface area contributed by atoms with Crippen LogP contribution >= 0.6 is 0 Å². The topological polar surface area (TPSA) is 432 Å². The first-order chi connectivity index (χ1) is 51.6. The van der Waals surface area contributed by atoms with E-state index in [1.165, 1.54) is 0 Å². The highest BCUT2D eigenvalue weighted by Crippen LogP contribution is 2.33. The number of unbranched alkanes of at least 4 members (excludes halogenated alkanes) is 1. The third kappa shape index (κ3) is 37.8. The fraction of sp³-hybridized carbons (Fsp3) is 0.662. The van der Waals surface area contributed by atoms with Crippen LogP contribution in [0, 0.1) is 11.8 Å². The van der Waals surface area contributed by atoms with Crippen LogP contribution < -0.4 is 43.0 Å². The smallest absolute Gasteiger partial charge is 0.312 e. The number of nitrogens with zero attached hydrogens (tertiary/aromatic N) is 3. The van der Waals surface area contributed by atoms with Gasteiger partial charge in [-0.15, -0.1) is 5.10 Å². The standard InChI is InChI=1S/C74H115N11O21S/c1-53(2)69(73(93)81-60(71(91)54(3)4)20-14-30-79-74(75)94)82-72(92)61(80-67(89)28-35-99-39-43-103-46-48-104-44-40-100-36-31-77-65(87)26-25-63(86)59-51-57-17-9-8-15-55(57)23-24-56-16-10-11-18-58(56)59)19-12-13-29-76-68(90)52-106-64-22-7-5-6-21-62-70(64)83-84-85(62)33-37-101-41-45-105-49-47-102-42-38-98-34-27-66(88)78-32-50-107(95,96)97/h8-11,15-18,23-24,53-54,59-61,64,69H,5-7,12-14,19-22,25-52H2,1-4H3,(H,76,90)(H,77,87)(H,78,88)(H,80,89)(H,81,93)(H,82,92)(H3,75,79,94)(H,95,96,97)/b24-23-/t59?,60-,61?,64?,69-/m0/s1. The summed E-state index contributed by atoms with van der Waals surface area (Å²) < 4.78 is 82.9. The minimum Gasteiger partial charge on any atom is -0.379 e. The first kappa shape index (κ1) is 89.9. The van der Waals surface area contributed by atoms with Crippen molar-refractivity contribution in [1.82, 2.24) is 52.2 Å². The van der Waals surface area contributed by atoms with Gasteiger partial charge in [-0.2, -0.15) is 8.42 Å². The largest absolute Gasteiger partial charge is 0.379 e. The van der Waals surface area contributed by atoms with Crippen molar-refractivity contribution in [3.05, 3.63) is 82.2 Å². The van der Waals surface area contributed by atoms with Crippen LogP contribution in [0.25, 0.3) is 12.2 Å². The number of primary amides is 1. The van der Waals surface area contributed by atoms with Gasteiger partial charge in [-0.3, -0.25) is 42.9 Å². The number of hydrogen-bond acceptors (Lipinski definition) is 22. The second-order valence-electron chi connectivity index (χ2n) is 26.6. The molecule has 5 atom stereocenters. The number of hydrogen-bond donors (Lipinski definition) is 9. The number of urea groups is 1. The Morgan fingerprint density at radius 2 is 1.12 bits per heavy atom. The molecule has 0 saturated heterocycles. The summed E-state index contributed by atoms with van der Waals surface area (Å²) in [5.74, 6) is -4.64. The molecule has 8 amide bonds. The van der Waals surface area contributed by atoms with Crippen LogP contribution in [0.15, 0.2) is 48.5 Å². The number of Topliss-reactive ketones (excluding diaryl/α,β-unsaturated/α-hetero) is 2. The van der Waals surface area contributed by atoms with E-state index < -0.39 is 81.6 Å². The molecule has 32 nitrogen and oxygen atoms in total. The average molecular weight is 1530 g/mol. The quantitative estimate of drug-likeness (QED) is 0.0289. The van der Waals surface area contributed by atoms with Gasteiger partial charge in [0.25, 0.3) is 10.1 Å². The summed E-state index contributed by atoms with van der Waals surface area (Å²) in [6.07, 6.45) is 10.0. The predicted molar refractivity (Wildman–Crippen MR) is 396 cm³/mol. The lowest BCUT2D eigenvalue weighted by Gasteiger charge is -2.28. The van der Waals surface area contributed by atoms with E-state index in [-0.39, 0.29) is 147 Å². The van der Waals surface area contributed by atoms with Gasteiger partial charge >= 0.3 is 6.03 Å². The maximum Gasteiger partial charge on any atom is 0.312 e. The highest BCUT2D eigenvalue weighted by Gasteiger charge is 2.33. The Morgan fingerprint density at radius 3 is 1.77 bits per heavy atom. The molecular formula is C74H115N11O21S. The number of ether oxygens (including phenoxy) is 9. The van der Waals surface area contributed by atoms with Gasteiger partial charge in [0, 0.05) is 63.7 Å². The summed E-state index contributed by atoms with van der Waals surface area (Å²) in [6.45, 7) is 11.9. The molecule has 0 fully saturated rings. The third-order valence-electron chi connectivity index (χ3n) is 17.5. The van der Waals surface area contributed by atoms with E-state index in [1.54, 1.807) is 27.7 Å². The Labute approximate surface area is 628 Å². The van der Waals surface area contributed by atoms with Gasteiger partial charge in [-0.25, -0.2) is 9.48 Å². The fourth-order valence-corrected chi connectivity index (χ4v) is 12.0. The van der Waals surface area contributed by atoms with E-state index in [1.807, 2.05) is 59.3 Å². The van der Waals surface area contributed by atoms with Crippen LogP contribution in [-0.2, 0) is 110 Å². The molecule has 1 aromatic heterocycles. The van der Waals surface area contributed by atoms with Gasteiger partial charge in [0.05, 0.1) is 130 Å². The molecule has 3 unspecified atom stereocenters. The lowest BCUT2D eigenvalue weighted by molar-refractivity contribution is -0.135. The molecule has 0 saturated carbocycles. The normalized spacial score (nSPS) is 15.4. The number of aromatic nitrogens is 3. The molecule has 107 heavy (non-hydrogen) atoms. The molecule has 2 aliphatic carbocycles. The predicted octanol–water partition coefficient (Wildman–Crippen LogP) is 3.42. The lowest BCUT2D eigenvalue weighted by atomic mass is 9.81. The summed E-state index contributed by atoms with van der Waals surface area (Å²) >= 11 is 0. The summed E-state index contributed by atoms with van der Waals surface area (Å²) in [7, 11) is -4.14. The van der Waals surface area contributed by atoms with Crippen molar-refractivity contribution >= 4 is 75.3 Å². The monoisotopic (exact) mass is 1530 g/mol. The molecule has 0 aliphatic heterocycles. The molecule has 0 spiro atoms. The minimum absolute atomic E-state index is 0.0153. The summed E-state index contributed by atoms with van der Waals surface area (Å²) in [5, 5.41) is 27.9. The van der Waals surface area contributed by atoms with Crippen LogP contribution in [0.2, 0.25) is 0 Å². The first-order valence-electron chi connectivity index (χ1n) is 37.4. The van der Waals surface area contributed by atoms with E-state index >= 15 is 0 Å². The molecule has 2 aromatic carbocycles. The maximum absolute atomic E-state index is 14.2. The molecule has 3 aromatic rings. The van der Waals surface area contributed by atoms with Crippen LogP contribution in [0.3, 0.4) is 0 Å². The van der Waals surface area contributed by atoms with Crippen molar-refractivity contribution in [2.75, 3.05) is 144 Å². The molecule has 598 valence electrons. The van der Waals surface area contributed by atoms with Gasteiger partial charge in [-0.05, 0) is 86.0 Å². The Bertz CT molecular complexity index is 3340.